The van der Waals surface area contributed by atoms with E-state index >= 15 is 0 Å². The molecule has 0 atom stereocenters. The topological polar surface area (TPSA) is 76.2 Å². The number of benzene rings is 2. The molecule has 0 spiro atoms. The van der Waals surface area contributed by atoms with Gasteiger partial charge in [-0.15, -0.1) is 0 Å². The average molecular weight is 347 g/mol. The standard InChI is InChI=1S/C17H15F2N3O3/c1-24-9-16(23)20-17-11-7-10(5-6-15(11)21-22-17)25-8-12-13(18)3-2-4-14(12)19/h2-7H,8-9H2,1H3,(H2,20,21,22,23). The molecule has 0 aliphatic carbocycles. The van der Waals surface area contributed by atoms with Gasteiger partial charge in [0.25, 0.3) is 5.91 Å². The number of aromatic nitrogens is 2. The molecule has 0 aliphatic heterocycles. The monoisotopic (exact) mass is 347 g/mol. The van der Waals surface area contributed by atoms with Crippen molar-refractivity contribution in [3.63, 3.8) is 0 Å². The molecule has 1 amide bonds. The van der Waals surface area contributed by atoms with E-state index in [2.05, 4.69) is 15.5 Å². The third kappa shape index (κ3) is 3.74. The molecule has 0 unspecified atom stereocenters. The third-order valence-corrected chi connectivity index (χ3v) is 3.51. The summed E-state index contributed by atoms with van der Waals surface area (Å²) in [5, 5.41) is 10.0. The lowest BCUT2D eigenvalue weighted by atomic mass is 10.2. The van der Waals surface area contributed by atoms with Crippen LogP contribution in [-0.4, -0.2) is 29.8 Å². The first-order valence-electron chi connectivity index (χ1n) is 7.41. The number of methoxy groups -OCH3 is 1. The average Bonchev–Trinajstić information content (AvgIpc) is 2.97. The minimum Gasteiger partial charge on any atom is -0.489 e. The molecule has 0 saturated heterocycles. The lowest BCUT2D eigenvalue weighted by molar-refractivity contribution is -0.119. The maximum atomic E-state index is 13.6. The lowest BCUT2D eigenvalue weighted by Gasteiger charge is -2.08. The zero-order valence-electron chi connectivity index (χ0n) is 13.3. The van der Waals surface area contributed by atoms with E-state index in [1.165, 1.54) is 25.3 Å². The van der Waals surface area contributed by atoms with Crippen molar-refractivity contribution in [2.24, 2.45) is 0 Å². The molecule has 1 heterocycles. The quantitative estimate of drug-likeness (QED) is 0.719. The highest BCUT2D eigenvalue weighted by molar-refractivity contribution is 6.00. The van der Waals surface area contributed by atoms with Crippen LogP contribution in [0.4, 0.5) is 14.6 Å². The number of rotatable bonds is 6. The van der Waals surface area contributed by atoms with E-state index in [0.29, 0.717) is 22.5 Å². The second-order valence-corrected chi connectivity index (χ2v) is 5.25. The van der Waals surface area contributed by atoms with Crippen LogP contribution in [0.15, 0.2) is 36.4 Å². The fraction of sp³-hybridized carbons (Fsp3) is 0.176. The van der Waals surface area contributed by atoms with Gasteiger partial charge in [0, 0.05) is 12.5 Å². The van der Waals surface area contributed by atoms with Crippen LogP contribution in [-0.2, 0) is 16.1 Å². The van der Waals surface area contributed by atoms with Gasteiger partial charge >= 0.3 is 0 Å². The molecule has 130 valence electrons. The number of H-pyrrole nitrogens is 1. The molecule has 0 radical (unpaired) electrons. The SMILES string of the molecule is COCC(=O)Nc1n[nH]c2ccc(OCc3c(F)cccc3F)cc12. The van der Waals surface area contributed by atoms with E-state index in [1.807, 2.05) is 0 Å². The number of halogens is 2. The van der Waals surface area contributed by atoms with Gasteiger partial charge in [-0.1, -0.05) is 6.07 Å². The second-order valence-electron chi connectivity index (χ2n) is 5.25. The molecule has 0 bridgehead atoms. The molecule has 1 aromatic heterocycles. The maximum absolute atomic E-state index is 13.6. The van der Waals surface area contributed by atoms with Gasteiger partial charge < -0.3 is 14.8 Å². The second kappa shape index (κ2) is 7.27. The molecule has 8 heteroatoms. The van der Waals surface area contributed by atoms with Crippen molar-refractivity contribution in [3.8, 4) is 5.75 Å². The molecule has 0 saturated carbocycles. The molecule has 6 nitrogen and oxygen atoms in total. The highest BCUT2D eigenvalue weighted by Crippen LogP contribution is 2.26. The summed E-state index contributed by atoms with van der Waals surface area (Å²) in [6, 6.07) is 8.59. The number of carbonyl (C=O) groups excluding carboxylic acids is 1. The van der Waals surface area contributed by atoms with Gasteiger partial charge in [-0.2, -0.15) is 5.10 Å². The van der Waals surface area contributed by atoms with Crippen molar-refractivity contribution in [2.75, 3.05) is 19.0 Å². The zero-order valence-corrected chi connectivity index (χ0v) is 13.3. The molecular formula is C17H15F2N3O3. The first-order valence-corrected chi connectivity index (χ1v) is 7.41. The van der Waals surface area contributed by atoms with Crippen molar-refractivity contribution >= 4 is 22.6 Å². The first-order chi connectivity index (χ1) is 12.1. The Balaban J connectivity index is 1.79. The summed E-state index contributed by atoms with van der Waals surface area (Å²) < 4.78 is 37.5. The largest absolute Gasteiger partial charge is 0.489 e. The highest BCUT2D eigenvalue weighted by Gasteiger charge is 2.12. The Kier molecular flexibility index (Phi) is 4.90. The summed E-state index contributed by atoms with van der Waals surface area (Å²) >= 11 is 0. The van der Waals surface area contributed by atoms with Gasteiger partial charge in [-0.05, 0) is 30.3 Å². The number of anilines is 1. The smallest absolute Gasteiger partial charge is 0.251 e. The number of nitrogens with one attached hydrogen (secondary N) is 2. The first kappa shape index (κ1) is 16.8. The van der Waals surface area contributed by atoms with Gasteiger partial charge in [0.1, 0.15) is 30.6 Å². The minimum atomic E-state index is -0.670. The fourth-order valence-corrected chi connectivity index (χ4v) is 2.30. The van der Waals surface area contributed by atoms with Crippen LogP contribution >= 0.6 is 0 Å². The number of amides is 1. The Morgan fingerprint density at radius 1 is 1.24 bits per heavy atom. The molecule has 3 aromatic rings. The molecule has 0 aliphatic rings. The summed E-state index contributed by atoms with van der Waals surface area (Å²) in [5.41, 5.74) is 0.528. The van der Waals surface area contributed by atoms with E-state index in [1.54, 1.807) is 18.2 Å². The lowest BCUT2D eigenvalue weighted by Crippen LogP contribution is -2.17. The number of carbonyl (C=O) groups is 1. The fourth-order valence-electron chi connectivity index (χ4n) is 2.30. The third-order valence-electron chi connectivity index (χ3n) is 3.51. The van der Waals surface area contributed by atoms with Crippen LogP contribution in [0.5, 0.6) is 5.75 Å². The van der Waals surface area contributed by atoms with Crippen LogP contribution in [0.25, 0.3) is 10.9 Å². The number of fused-ring (bicyclic) bond motifs is 1. The molecule has 25 heavy (non-hydrogen) atoms. The predicted octanol–water partition coefficient (Wildman–Crippen LogP) is 3.01. The van der Waals surface area contributed by atoms with Crippen molar-refractivity contribution in [2.45, 2.75) is 6.61 Å². The van der Waals surface area contributed by atoms with Crippen LogP contribution in [0.3, 0.4) is 0 Å². The van der Waals surface area contributed by atoms with Crippen LogP contribution in [0, 0.1) is 11.6 Å². The van der Waals surface area contributed by atoms with Crippen molar-refractivity contribution in [3.05, 3.63) is 53.6 Å². The summed E-state index contributed by atoms with van der Waals surface area (Å²) in [4.78, 5) is 11.6. The van der Waals surface area contributed by atoms with Gasteiger partial charge in [-0.3, -0.25) is 9.89 Å². The van der Waals surface area contributed by atoms with Crippen LogP contribution in [0.2, 0.25) is 0 Å². The normalized spacial score (nSPS) is 10.8. The van der Waals surface area contributed by atoms with Gasteiger partial charge in [0.05, 0.1) is 11.1 Å². The Labute approximate surface area is 141 Å². The molecule has 0 fully saturated rings. The molecule has 2 aromatic carbocycles. The summed E-state index contributed by atoms with van der Waals surface area (Å²) in [6.45, 7) is -0.357. The Hall–Kier alpha value is -3.00. The van der Waals surface area contributed by atoms with Crippen molar-refractivity contribution < 1.29 is 23.0 Å². The Morgan fingerprint density at radius 3 is 2.72 bits per heavy atom. The minimum absolute atomic E-state index is 0.100. The summed E-state index contributed by atoms with van der Waals surface area (Å²) in [5.74, 6) is -0.983. The number of ether oxygens (including phenoxy) is 2. The highest BCUT2D eigenvalue weighted by atomic mass is 19.1. The maximum Gasteiger partial charge on any atom is 0.251 e. The number of hydrogen-bond acceptors (Lipinski definition) is 4. The predicted molar refractivity (Wildman–Crippen MR) is 87.3 cm³/mol. The van der Waals surface area contributed by atoms with E-state index in [0.717, 1.165) is 0 Å². The molecule has 3 rings (SSSR count). The van der Waals surface area contributed by atoms with E-state index in [-0.39, 0.29) is 24.7 Å². The van der Waals surface area contributed by atoms with Crippen LogP contribution < -0.4 is 10.1 Å². The Bertz CT molecular complexity index is 891. The molecule has 2 N–H and O–H groups in total. The summed E-state index contributed by atoms with van der Waals surface area (Å²) in [6.07, 6.45) is 0. The van der Waals surface area contributed by atoms with E-state index in [4.69, 9.17) is 9.47 Å². The number of hydrogen-bond donors (Lipinski definition) is 2. The Morgan fingerprint density at radius 2 is 2.00 bits per heavy atom. The van der Waals surface area contributed by atoms with Crippen molar-refractivity contribution in [1.29, 1.82) is 0 Å². The number of aromatic amines is 1. The van der Waals surface area contributed by atoms with E-state index in [9.17, 15) is 13.6 Å². The van der Waals surface area contributed by atoms with Gasteiger partial charge in [0.2, 0.25) is 0 Å². The summed E-state index contributed by atoms with van der Waals surface area (Å²) in [7, 11) is 1.41. The van der Waals surface area contributed by atoms with Crippen LogP contribution in [0.1, 0.15) is 5.56 Å². The number of nitrogens with zero attached hydrogens (tertiary/aromatic N) is 1. The van der Waals surface area contributed by atoms with Gasteiger partial charge in [-0.25, -0.2) is 8.78 Å². The zero-order chi connectivity index (χ0) is 17.8. The van der Waals surface area contributed by atoms with Gasteiger partial charge in [0.15, 0.2) is 5.82 Å². The van der Waals surface area contributed by atoms with Crippen molar-refractivity contribution in [1.82, 2.24) is 10.2 Å². The van der Waals surface area contributed by atoms with E-state index < -0.39 is 11.6 Å². The molecular weight excluding hydrogens is 332 g/mol.